The van der Waals surface area contributed by atoms with Crippen LogP contribution in [-0.4, -0.2) is 47.0 Å². The Balaban J connectivity index is 1.89. The van der Waals surface area contributed by atoms with Crippen molar-refractivity contribution in [3.63, 3.8) is 0 Å². The van der Waals surface area contributed by atoms with E-state index in [1.54, 1.807) is 6.26 Å². The third-order valence-electron chi connectivity index (χ3n) is 6.26. The Kier molecular flexibility index (Phi) is 7.59. The van der Waals surface area contributed by atoms with Gasteiger partial charge in [-0.3, -0.25) is 0 Å². The highest BCUT2D eigenvalue weighted by molar-refractivity contribution is 6.74. The van der Waals surface area contributed by atoms with Crippen LogP contribution in [0.5, 0.6) is 0 Å². The molecule has 0 bridgehead atoms. The molecule has 6 nitrogen and oxygen atoms in total. The average molecular weight is 495 g/mol. The van der Waals surface area contributed by atoms with Crippen LogP contribution in [0, 0.1) is 0 Å². The van der Waals surface area contributed by atoms with Gasteiger partial charge in [-0.25, -0.2) is 0 Å². The number of hydrogen-bond acceptors (Lipinski definition) is 6. The van der Waals surface area contributed by atoms with Crippen LogP contribution in [0.15, 0.2) is 42.4 Å². The molecule has 2 aliphatic rings. The molecule has 0 aliphatic carbocycles. The largest absolute Gasteiger partial charge is 0.546 e. The molecule has 0 spiro atoms. The minimum atomic E-state index is -2.04. The molecule has 0 amide bonds. The molecule has 0 aromatic heterocycles. The lowest BCUT2D eigenvalue weighted by Crippen LogP contribution is -2.42. The lowest BCUT2D eigenvalue weighted by atomic mass is 10.1. The summed E-state index contributed by atoms with van der Waals surface area (Å²) in [5, 5.41) is 0.0697. The maximum absolute atomic E-state index is 6.51. The Morgan fingerprint density at radius 1 is 1.03 bits per heavy atom. The molecule has 8 heteroatoms. The monoisotopic (exact) mass is 494 g/mol. The van der Waals surface area contributed by atoms with Crippen LogP contribution in [0.4, 0.5) is 0 Å². The smallest absolute Gasteiger partial charge is 0.249 e. The summed E-state index contributed by atoms with van der Waals surface area (Å²) in [6, 6.07) is 10.1. The standard InChI is InChI=1S/C25H42O6Si2/c1-24(2,3)33(9,10)27-17-19(31-32(6,7)8)20-21(26-16-18-14-12-11-13-15-18)22-23(28-20)30-25(4,5)29-22/h11-15,17,20-23H,16H2,1-10H3/b19-17-/t20-,21+,22-,23-/m1/s1. The second-order valence-corrected chi connectivity index (χ2v) is 21.1. The predicted molar refractivity (Wildman–Crippen MR) is 135 cm³/mol. The zero-order valence-electron chi connectivity index (χ0n) is 21.9. The van der Waals surface area contributed by atoms with E-state index in [1.807, 2.05) is 44.2 Å². The molecule has 1 aromatic rings. The number of fused-ring (bicyclic) bond motifs is 1. The van der Waals surface area contributed by atoms with Crippen molar-refractivity contribution in [3.8, 4) is 0 Å². The van der Waals surface area contributed by atoms with Crippen LogP contribution in [0.3, 0.4) is 0 Å². The molecule has 4 atom stereocenters. The molecule has 0 saturated carbocycles. The summed E-state index contributed by atoms with van der Waals surface area (Å²) in [4.78, 5) is 0. The first-order valence-corrected chi connectivity index (χ1v) is 18.1. The molecule has 0 N–H and O–H groups in total. The van der Waals surface area contributed by atoms with Crippen molar-refractivity contribution in [1.82, 2.24) is 0 Å². The highest BCUT2D eigenvalue weighted by atomic mass is 28.4. The van der Waals surface area contributed by atoms with E-state index in [4.69, 9.17) is 27.8 Å². The van der Waals surface area contributed by atoms with E-state index in [0.717, 1.165) is 5.56 Å². The molecule has 3 rings (SSSR count). The van der Waals surface area contributed by atoms with Crippen molar-refractivity contribution in [3.05, 3.63) is 47.9 Å². The molecule has 1 aromatic carbocycles. The number of rotatable bonds is 8. The van der Waals surface area contributed by atoms with E-state index >= 15 is 0 Å². The Bertz CT molecular complexity index is 826. The van der Waals surface area contributed by atoms with Gasteiger partial charge in [-0.2, -0.15) is 0 Å². The molecule has 2 aliphatic heterocycles. The Morgan fingerprint density at radius 3 is 2.24 bits per heavy atom. The van der Waals surface area contributed by atoms with Crippen molar-refractivity contribution < 1.29 is 27.8 Å². The highest BCUT2D eigenvalue weighted by Crippen LogP contribution is 2.42. The van der Waals surface area contributed by atoms with Crippen LogP contribution in [0.1, 0.15) is 40.2 Å². The van der Waals surface area contributed by atoms with Crippen molar-refractivity contribution >= 4 is 16.6 Å². The summed E-state index contributed by atoms with van der Waals surface area (Å²) in [6.45, 7) is 21.8. The number of ether oxygens (including phenoxy) is 4. The fraction of sp³-hybridized carbons (Fsp3) is 0.680. The summed E-state index contributed by atoms with van der Waals surface area (Å²) in [7, 11) is -4.00. The van der Waals surface area contributed by atoms with Gasteiger partial charge in [0.25, 0.3) is 0 Å². The lowest BCUT2D eigenvalue weighted by molar-refractivity contribution is -0.217. The van der Waals surface area contributed by atoms with Gasteiger partial charge in [0.2, 0.25) is 16.6 Å². The predicted octanol–water partition coefficient (Wildman–Crippen LogP) is 6.16. The minimum Gasteiger partial charge on any atom is -0.546 e. The van der Waals surface area contributed by atoms with Crippen LogP contribution in [-0.2, 0) is 34.4 Å². The second-order valence-electron chi connectivity index (χ2n) is 11.9. The minimum absolute atomic E-state index is 0.0697. The van der Waals surface area contributed by atoms with E-state index in [-0.39, 0.29) is 17.2 Å². The topological polar surface area (TPSA) is 55.4 Å². The van der Waals surface area contributed by atoms with Gasteiger partial charge in [-0.05, 0) is 57.2 Å². The summed E-state index contributed by atoms with van der Waals surface area (Å²) in [5.74, 6) is -0.0630. The Labute approximate surface area is 201 Å². The summed E-state index contributed by atoms with van der Waals surface area (Å²) in [6.07, 6.45) is 0.0484. The molecule has 33 heavy (non-hydrogen) atoms. The van der Waals surface area contributed by atoms with E-state index in [2.05, 4.69) is 53.5 Å². The number of hydrogen-bond donors (Lipinski definition) is 0. The quantitative estimate of drug-likeness (QED) is 0.318. The van der Waals surface area contributed by atoms with Crippen molar-refractivity contribution in [2.75, 3.05) is 0 Å². The summed E-state index contributed by atoms with van der Waals surface area (Å²) in [5.41, 5.74) is 1.09. The van der Waals surface area contributed by atoms with Gasteiger partial charge in [0.15, 0.2) is 12.1 Å². The zero-order chi connectivity index (χ0) is 24.7. The maximum atomic E-state index is 6.51. The van der Waals surface area contributed by atoms with Gasteiger partial charge in [0, 0.05) is 0 Å². The van der Waals surface area contributed by atoms with Crippen molar-refractivity contribution in [2.24, 2.45) is 0 Å². The van der Waals surface area contributed by atoms with Crippen molar-refractivity contribution in [1.29, 1.82) is 0 Å². The second kappa shape index (κ2) is 9.47. The fourth-order valence-electron chi connectivity index (χ4n) is 3.54. The summed E-state index contributed by atoms with van der Waals surface area (Å²) >= 11 is 0. The van der Waals surface area contributed by atoms with Gasteiger partial charge in [0.1, 0.15) is 30.3 Å². The Hall–Kier alpha value is -1.17. The molecule has 2 heterocycles. The molecule has 0 unspecified atom stereocenters. The molecular weight excluding hydrogens is 452 g/mol. The first-order valence-electron chi connectivity index (χ1n) is 11.8. The van der Waals surface area contributed by atoms with Crippen molar-refractivity contribution in [2.45, 2.75) is 109 Å². The highest BCUT2D eigenvalue weighted by Gasteiger charge is 2.57. The number of benzene rings is 1. The van der Waals surface area contributed by atoms with Crippen LogP contribution < -0.4 is 0 Å². The normalized spacial score (nSPS) is 28.0. The van der Waals surface area contributed by atoms with E-state index < -0.39 is 34.8 Å². The molecular formula is C25H42O6Si2. The van der Waals surface area contributed by atoms with E-state index in [9.17, 15) is 0 Å². The first-order chi connectivity index (χ1) is 15.1. The SMILES string of the molecule is CC1(C)O[C@H]2O[C@H](/C(=C/O[Si](C)(C)C(C)(C)C)O[Si](C)(C)C)[C@H](OCc3ccccc3)[C@H]2O1. The van der Waals surface area contributed by atoms with Gasteiger partial charge < -0.3 is 27.8 Å². The zero-order valence-corrected chi connectivity index (χ0v) is 23.9. The van der Waals surface area contributed by atoms with Crippen LogP contribution >= 0.6 is 0 Å². The first kappa shape index (κ1) is 26.4. The third-order valence-corrected chi connectivity index (χ3v) is 11.4. The average Bonchev–Trinajstić information content (AvgIpc) is 3.14. The molecule has 0 radical (unpaired) electrons. The van der Waals surface area contributed by atoms with Gasteiger partial charge >= 0.3 is 0 Å². The van der Waals surface area contributed by atoms with Crippen LogP contribution in [0.2, 0.25) is 37.8 Å². The lowest BCUT2D eigenvalue weighted by Gasteiger charge is -2.36. The molecule has 2 saturated heterocycles. The van der Waals surface area contributed by atoms with E-state index in [0.29, 0.717) is 12.4 Å². The fourth-order valence-corrected chi connectivity index (χ4v) is 5.18. The Morgan fingerprint density at radius 2 is 1.67 bits per heavy atom. The van der Waals surface area contributed by atoms with Gasteiger partial charge in [-0.15, -0.1) is 0 Å². The maximum Gasteiger partial charge on any atom is 0.249 e. The summed E-state index contributed by atoms with van der Waals surface area (Å²) < 4.78 is 38.0. The molecule has 186 valence electrons. The molecule has 2 fully saturated rings. The van der Waals surface area contributed by atoms with Gasteiger partial charge in [-0.1, -0.05) is 51.1 Å². The van der Waals surface area contributed by atoms with Gasteiger partial charge in [0.05, 0.1) is 6.61 Å². The third kappa shape index (κ3) is 6.70. The van der Waals surface area contributed by atoms with E-state index in [1.165, 1.54) is 0 Å². The van der Waals surface area contributed by atoms with Crippen LogP contribution in [0.25, 0.3) is 0 Å².